The number of hydrogen-bond acceptors (Lipinski definition) is 0. The quantitative estimate of drug-likeness (QED) is 0.367. The van der Waals surface area contributed by atoms with Gasteiger partial charge in [0.25, 0.3) is 0 Å². The van der Waals surface area contributed by atoms with Crippen molar-refractivity contribution < 1.29 is 88.5 Å². The Hall–Kier alpha value is 3.61. The molecule has 0 unspecified atom stereocenters. The topological polar surface area (TPSA) is 0 Å². The van der Waals surface area contributed by atoms with Crippen LogP contribution in [0.5, 0.6) is 0 Å². The first-order valence-corrected chi connectivity index (χ1v) is 0. The van der Waals surface area contributed by atoms with Gasteiger partial charge in [-0.1, -0.05) is 0 Å². The summed E-state index contributed by atoms with van der Waals surface area (Å²) in [4.78, 5) is 0. The van der Waals surface area contributed by atoms with E-state index in [2.05, 4.69) is 0 Å². The summed E-state index contributed by atoms with van der Waals surface area (Å²) in [6.45, 7) is 0. The van der Waals surface area contributed by atoms with Gasteiger partial charge in [-0.25, -0.2) is 0 Å². The Bertz CT molecular complexity index is 15.5. The summed E-state index contributed by atoms with van der Waals surface area (Å²) >= 11 is 0. The minimum absolute atomic E-state index is 0. The Balaban J connectivity index is 0. The van der Waals surface area contributed by atoms with Crippen molar-refractivity contribution in [3.8, 4) is 0 Å². The molecular formula is BiCoCuFeMoNi. The fourth-order valence-electron chi connectivity index (χ4n) is 0. The molecule has 0 aromatic carbocycles. The van der Waals surface area contributed by atoms with E-state index >= 15 is 0 Å². The summed E-state index contributed by atoms with van der Waals surface area (Å²) in [7, 11) is 0. The average Bonchev–Trinajstić information content (AvgIpc) is 0. The third-order valence-electron chi connectivity index (χ3n) is 0. The third-order valence-corrected chi connectivity index (χ3v) is 0. The molecule has 49 valence electrons. The Morgan fingerprint density at radius 2 is 1.00 bits per heavy atom. The zero-order chi connectivity index (χ0) is 0. The van der Waals surface area contributed by atoms with Crippen LogP contribution in [0.1, 0.15) is 0 Å². The molecule has 0 rings (SSSR count). The van der Waals surface area contributed by atoms with Crippen LogP contribution in [-0.4, -0.2) is 26.2 Å². The molecule has 0 aromatic heterocycles. The second-order valence-electron chi connectivity index (χ2n) is 0. The molecule has 0 bridgehead atoms. The Labute approximate surface area is 113 Å². The van der Waals surface area contributed by atoms with Crippen LogP contribution in [0.4, 0.5) is 0 Å². The molecule has 0 amide bonds. The van der Waals surface area contributed by atoms with Gasteiger partial charge in [0.15, 0.2) is 0 Å². The molecule has 0 heterocycles. The first-order valence-electron chi connectivity index (χ1n) is 0. The molecule has 0 nitrogen and oxygen atoms in total. The maximum absolute atomic E-state index is 0. The minimum atomic E-state index is 0. The predicted octanol–water partition coefficient (Wildman–Crippen LogP) is -0.393. The molecule has 0 spiro atoms. The Morgan fingerprint density at radius 3 is 1.00 bits per heavy atom. The van der Waals surface area contributed by atoms with Gasteiger partial charge in [-0.05, 0) is 0 Å². The number of rotatable bonds is 0. The van der Waals surface area contributed by atoms with E-state index in [-0.39, 0.29) is 115 Å². The minimum Gasteiger partial charge on any atom is 0 e. The van der Waals surface area contributed by atoms with Gasteiger partial charge >= 0.3 is 0 Å². The van der Waals surface area contributed by atoms with Crippen molar-refractivity contribution in [2.45, 2.75) is 0 Å². The van der Waals surface area contributed by atoms with Crippen molar-refractivity contribution in [2.75, 3.05) is 0 Å². The summed E-state index contributed by atoms with van der Waals surface area (Å²) < 4.78 is 0. The summed E-state index contributed by atoms with van der Waals surface area (Å²) in [5.74, 6) is 0. The number of hydrogen-bond donors (Lipinski definition) is 0. The van der Waals surface area contributed by atoms with E-state index in [1.165, 1.54) is 0 Å². The van der Waals surface area contributed by atoms with Gasteiger partial charge in [0, 0.05) is 115 Å². The van der Waals surface area contributed by atoms with Crippen LogP contribution in [0.25, 0.3) is 0 Å². The first-order chi connectivity index (χ1) is 0. The zero-order valence-corrected chi connectivity index (χ0v) is 11.7. The summed E-state index contributed by atoms with van der Waals surface area (Å²) in [5.41, 5.74) is 0. The van der Waals surface area contributed by atoms with E-state index < -0.39 is 0 Å². The van der Waals surface area contributed by atoms with Gasteiger partial charge < -0.3 is 0 Å². The average molecular weight is 542 g/mol. The van der Waals surface area contributed by atoms with Crippen LogP contribution in [0, 0.1) is 0 Å². The molecule has 6 heavy (non-hydrogen) atoms. The second kappa shape index (κ2) is 38.3. The normalized spacial score (nSPS) is 0. The smallest absolute Gasteiger partial charge is 0 e. The molecule has 0 N–H and O–H groups in total. The van der Waals surface area contributed by atoms with Gasteiger partial charge in [-0.15, -0.1) is 0 Å². The van der Waals surface area contributed by atoms with Crippen LogP contribution in [-0.2, 0) is 88.5 Å². The predicted molar refractivity (Wildman–Crippen MR) is 5.75 cm³/mol. The molecular weight excluding hydrogens is 542 g/mol. The second-order valence-corrected chi connectivity index (χ2v) is 0. The monoisotopic (exact) mass is 543 g/mol. The van der Waals surface area contributed by atoms with Gasteiger partial charge in [-0.2, -0.15) is 0 Å². The molecule has 0 aliphatic carbocycles. The third kappa shape index (κ3) is 25.5. The van der Waals surface area contributed by atoms with Crippen molar-refractivity contribution in [1.29, 1.82) is 0 Å². The van der Waals surface area contributed by atoms with Crippen LogP contribution >= 0.6 is 0 Å². The summed E-state index contributed by atoms with van der Waals surface area (Å²) in [5, 5.41) is 0. The van der Waals surface area contributed by atoms with Crippen LogP contribution < -0.4 is 0 Å². The van der Waals surface area contributed by atoms with Gasteiger partial charge in [0.05, 0.1) is 0 Å². The van der Waals surface area contributed by atoms with Crippen molar-refractivity contribution in [3.05, 3.63) is 0 Å². The van der Waals surface area contributed by atoms with Gasteiger partial charge in [0.2, 0.25) is 0 Å². The standard InChI is InChI=1S/Bi.Co.Cu.Fe.Mo.Ni. The Kier molecular flexibility index (Phi) is 349. The fourth-order valence-corrected chi connectivity index (χ4v) is 0. The first kappa shape index (κ1) is 54.7. The van der Waals surface area contributed by atoms with Crippen molar-refractivity contribution in [2.24, 2.45) is 0 Å². The molecule has 5 radical (unpaired) electrons. The molecule has 0 saturated carbocycles. The van der Waals surface area contributed by atoms with Gasteiger partial charge in [0.1, 0.15) is 0 Å². The van der Waals surface area contributed by atoms with E-state index in [1.807, 2.05) is 0 Å². The SMILES string of the molecule is [Bi].[Co].[Cu].[Fe].[Mo].[Ni]. The maximum Gasteiger partial charge on any atom is 0 e. The molecule has 0 fully saturated rings. The molecule has 0 aromatic rings. The van der Waals surface area contributed by atoms with E-state index in [9.17, 15) is 0 Å². The molecule has 0 atom stereocenters. The van der Waals surface area contributed by atoms with Crippen molar-refractivity contribution in [3.63, 3.8) is 0 Å². The van der Waals surface area contributed by atoms with E-state index in [0.29, 0.717) is 0 Å². The fraction of sp³-hybridized carbons (Fsp3) is 0. The van der Waals surface area contributed by atoms with Crippen molar-refractivity contribution >= 4 is 26.2 Å². The van der Waals surface area contributed by atoms with E-state index in [0.717, 1.165) is 0 Å². The largest absolute Gasteiger partial charge is 0 e. The zero-order valence-electron chi connectivity index (χ0n) is 2.16. The maximum atomic E-state index is 0. The Morgan fingerprint density at radius 1 is 1.00 bits per heavy atom. The van der Waals surface area contributed by atoms with Crippen LogP contribution in [0.3, 0.4) is 0 Å². The van der Waals surface area contributed by atoms with E-state index in [1.54, 1.807) is 0 Å². The summed E-state index contributed by atoms with van der Waals surface area (Å²) in [6.07, 6.45) is 0. The summed E-state index contributed by atoms with van der Waals surface area (Å²) in [6, 6.07) is 0. The molecule has 0 saturated heterocycles. The van der Waals surface area contributed by atoms with Crippen LogP contribution in [0.15, 0.2) is 0 Å². The molecule has 6 heteroatoms. The molecule has 0 aliphatic heterocycles. The molecule has 0 aliphatic rings. The van der Waals surface area contributed by atoms with E-state index in [4.69, 9.17) is 0 Å². The van der Waals surface area contributed by atoms with Gasteiger partial charge in [-0.3, -0.25) is 0 Å². The van der Waals surface area contributed by atoms with Crippen molar-refractivity contribution in [1.82, 2.24) is 0 Å². The van der Waals surface area contributed by atoms with Crippen LogP contribution in [0.2, 0.25) is 0 Å².